The van der Waals surface area contributed by atoms with Crippen molar-refractivity contribution in [1.29, 1.82) is 0 Å². The van der Waals surface area contributed by atoms with Gasteiger partial charge in [0.15, 0.2) is 0 Å². The molecule has 6 heteroatoms. The van der Waals surface area contributed by atoms with Crippen molar-refractivity contribution in [3.63, 3.8) is 0 Å². The Hall–Kier alpha value is -2.01. The molecule has 0 aromatic heterocycles. The SMILES string of the molecule is O=Cc1cc(Oc2ccc(Cl)cc2)cc(C(F)(F)F)c1. The Morgan fingerprint density at radius 3 is 2.20 bits per heavy atom. The zero-order valence-electron chi connectivity index (χ0n) is 9.95. The van der Waals surface area contributed by atoms with Crippen LogP contribution in [0.25, 0.3) is 0 Å². The van der Waals surface area contributed by atoms with E-state index in [9.17, 15) is 18.0 Å². The minimum atomic E-state index is -4.54. The molecule has 0 saturated carbocycles. The first-order valence-corrected chi connectivity index (χ1v) is 5.87. The summed E-state index contributed by atoms with van der Waals surface area (Å²) in [6.07, 6.45) is -4.21. The van der Waals surface area contributed by atoms with Crippen LogP contribution in [0.4, 0.5) is 13.2 Å². The lowest BCUT2D eigenvalue weighted by Gasteiger charge is -2.11. The average molecular weight is 301 g/mol. The van der Waals surface area contributed by atoms with E-state index in [4.69, 9.17) is 16.3 Å². The number of benzene rings is 2. The molecule has 0 saturated heterocycles. The van der Waals surface area contributed by atoms with E-state index in [-0.39, 0.29) is 11.3 Å². The number of rotatable bonds is 3. The molecule has 0 atom stereocenters. The Bertz CT molecular complexity index is 621. The second kappa shape index (κ2) is 5.54. The van der Waals surface area contributed by atoms with E-state index in [1.165, 1.54) is 18.2 Å². The highest BCUT2D eigenvalue weighted by Crippen LogP contribution is 2.34. The lowest BCUT2D eigenvalue weighted by atomic mass is 10.1. The Kier molecular flexibility index (Phi) is 3.99. The maximum absolute atomic E-state index is 12.7. The number of hydrogen-bond donors (Lipinski definition) is 0. The third kappa shape index (κ3) is 3.51. The van der Waals surface area contributed by atoms with Crippen molar-refractivity contribution in [2.75, 3.05) is 0 Å². The molecule has 2 nitrogen and oxygen atoms in total. The van der Waals surface area contributed by atoms with Crippen LogP contribution in [0.15, 0.2) is 42.5 Å². The highest BCUT2D eigenvalue weighted by molar-refractivity contribution is 6.30. The van der Waals surface area contributed by atoms with Gasteiger partial charge in [0.05, 0.1) is 5.56 Å². The summed E-state index contributed by atoms with van der Waals surface area (Å²) in [5, 5.41) is 0.481. The van der Waals surface area contributed by atoms with Gasteiger partial charge in [-0.2, -0.15) is 13.2 Å². The summed E-state index contributed by atoms with van der Waals surface area (Å²) >= 11 is 5.70. The number of alkyl halides is 3. The van der Waals surface area contributed by atoms with Gasteiger partial charge < -0.3 is 4.74 Å². The van der Waals surface area contributed by atoms with Crippen LogP contribution in [0, 0.1) is 0 Å². The van der Waals surface area contributed by atoms with Crippen LogP contribution in [-0.2, 0) is 6.18 Å². The van der Waals surface area contributed by atoms with E-state index in [1.54, 1.807) is 12.1 Å². The normalized spacial score (nSPS) is 11.2. The third-order valence-electron chi connectivity index (χ3n) is 2.44. The van der Waals surface area contributed by atoms with Crippen molar-refractivity contribution in [2.24, 2.45) is 0 Å². The van der Waals surface area contributed by atoms with Gasteiger partial charge in [-0.3, -0.25) is 4.79 Å². The van der Waals surface area contributed by atoms with Crippen LogP contribution < -0.4 is 4.74 Å². The molecule has 0 amide bonds. The molecule has 0 spiro atoms. The quantitative estimate of drug-likeness (QED) is 0.749. The molecule has 0 heterocycles. The fourth-order valence-corrected chi connectivity index (χ4v) is 1.68. The molecule has 0 N–H and O–H groups in total. The molecule has 0 bridgehead atoms. The van der Waals surface area contributed by atoms with E-state index in [2.05, 4.69) is 0 Å². The van der Waals surface area contributed by atoms with E-state index in [0.29, 0.717) is 17.1 Å². The molecular formula is C14H8ClF3O2. The topological polar surface area (TPSA) is 26.3 Å². The monoisotopic (exact) mass is 300 g/mol. The lowest BCUT2D eigenvalue weighted by Crippen LogP contribution is -2.06. The summed E-state index contributed by atoms with van der Waals surface area (Å²) in [6.45, 7) is 0. The second-order valence-corrected chi connectivity index (χ2v) is 4.40. The first-order chi connectivity index (χ1) is 9.38. The van der Waals surface area contributed by atoms with Gasteiger partial charge in [0.2, 0.25) is 0 Å². The molecule has 0 aliphatic rings. The Morgan fingerprint density at radius 2 is 1.65 bits per heavy atom. The first-order valence-electron chi connectivity index (χ1n) is 5.49. The van der Waals surface area contributed by atoms with Crippen LogP contribution in [0.3, 0.4) is 0 Å². The molecule has 20 heavy (non-hydrogen) atoms. The van der Waals surface area contributed by atoms with Gasteiger partial charge in [0.1, 0.15) is 17.8 Å². The number of ether oxygens (including phenoxy) is 1. The standard InChI is InChI=1S/C14H8ClF3O2/c15-11-1-3-12(4-2-11)20-13-6-9(8-19)5-10(7-13)14(16,17)18/h1-8H. The smallest absolute Gasteiger partial charge is 0.416 e. The first kappa shape index (κ1) is 14.4. The van der Waals surface area contributed by atoms with Crippen LogP contribution in [0.5, 0.6) is 11.5 Å². The zero-order valence-corrected chi connectivity index (χ0v) is 10.7. The van der Waals surface area contributed by atoms with Gasteiger partial charge in [0, 0.05) is 10.6 Å². The molecule has 0 aliphatic carbocycles. The van der Waals surface area contributed by atoms with Crippen LogP contribution in [0.2, 0.25) is 5.02 Å². The van der Waals surface area contributed by atoms with Gasteiger partial charge in [-0.25, -0.2) is 0 Å². The summed E-state index contributed by atoms with van der Waals surface area (Å²) in [6, 6.07) is 8.96. The van der Waals surface area contributed by atoms with Crippen molar-refractivity contribution in [3.05, 3.63) is 58.6 Å². The summed E-state index contributed by atoms with van der Waals surface area (Å²) in [5.41, 5.74) is -1.05. The van der Waals surface area contributed by atoms with Crippen molar-refractivity contribution in [1.82, 2.24) is 0 Å². The summed E-state index contributed by atoms with van der Waals surface area (Å²) in [4.78, 5) is 10.7. The highest BCUT2D eigenvalue weighted by Gasteiger charge is 2.31. The summed E-state index contributed by atoms with van der Waals surface area (Å²) < 4.78 is 43.4. The van der Waals surface area contributed by atoms with E-state index in [0.717, 1.165) is 12.1 Å². The van der Waals surface area contributed by atoms with Crippen LogP contribution in [-0.4, -0.2) is 6.29 Å². The predicted octanol–water partition coefficient (Wildman–Crippen LogP) is 4.96. The predicted molar refractivity (Wildman–Crippen MR) is 68.4 cm³/mol. The number of carbonyl (C=O) groups excluding carboxylic acids is 1. The molecule has 0 unspecified atom stereocenters. The Balaban J connectivity index is 2.36. The second-order valence-electron chi connectivity index (χ2n) is 3.96. The Labute approximate surface area is 117 Å². The van der Waals surface area contributed by atoms with Gasteiger partial charge in [0.25, 0.3) is 0 Å². The molecule has 2 rings (SSSR count). The molecule has 2 aromatic rings. The number of carbonyl (C=O) groups is 1. The van der Waals surface area contributed by atoms with E-state index >= 15 is 0 Å². The highest BCUT2D eigenvalue weighted by atomic mass is 35.5. The third-order valence-corrected chi connectivity index (χ3v) is 2.69. The van der Waals surface area contributed by atoms with Crippen molar-refractivity contribution < 1.29 is 22.7 Å². The summed E-state index contributed by atoms with van der Waals surface area (Å²) in [5.74, 6) is 0.259. The molecule has 0 radical (unpaired) electrons. The fraction of sp³-hybridized carbons (Fsp3) is 0.0714. The molecule has 2 aromatic carbocycles. The number of halogens is 4. The largest absolute Gasteiger partial charge is 0.457 e. The minimum absolute atomic E-state index is 0.0655. The maximum Gasteiger partial charge on any atom is 0.416 e. The molecular weight excluding hydrogens is 293 g/mol. The van der Waals surface area contributed by atoms with E-state index in [1.807, 2.05) is 0 Å². The van der Waals surface area contributed by atoms with Crippen LogP contribution in [0.1, 0.15) is 15.9 Å². The van der Waals surface area contributed by atoms with Gasteiger partial charge in [-0.15, -0.1) is 0 Å². The molecule has 0 aliphatic heterocycles. The lowest BCUT2D eigenvalue weighted by molar-refractivity contribution is -0.137. The van der Waals surface area contributed by atoms with Crippen molar-refractivity contribution in [3.8, 4) is 11.5 Å². The van der Waals surface area contributed by atoms with Gasteiger partial charge in [-0.1, -0.05) is 11.6 Å². The van der Waals surface area contributed by atoms with E-state index < -0.39 is 11.7 Å². The van der Waals surface area contributed by atoms with Crippen LogP contribution >= 0.6 is 11.6 Å². The Morgan fingerprint density at radius 1 is 1.00 bits per heavy atom. The average Bonchev–Trinajstić information content (AvgIpc) is 2.40. The van der Waals surface area contributed by atoms with Crippen molar-refractivity contribution >= 4 is 17.9 Å². The number of hydrogen-bond acceptors (Lipinski definition) is 2. The zero-order chi connectivity index (χ0) is 14.8. The summed E-state index contributed by atoms with van der Waals surface area (Å²) in [7, 11) is 0. The minimum Gasteiger partial charge on any atom is -0.457 e. The molecule has 104 valence electrons. The molecule has 0 fully saturated rings. The van der Waals surface area contributed by atoms with Gasteiger partial charge in [-0.05, 0) is 42.5 Å². The van der Waals surface area contributed by atoms with Gasteiger partial charge >= 0.3 is 6.18 Å². The fourth-order valence-electron chi connectivity index (χ4n) is 1.55. The maximum atomic E-state index is 12.7. The van der Waals surface area contributed by atoms with Crippen molar-refractivity contribution in [2.45, 2.75) is 6.18 Å². The number of aldehydes is 1.